The molecule has 0 spiro atoms. The molecule has 1 nitrogen and oxygen atoms in total. The first-order valence-corrected chi connectivity index (χ1v) is 6.82. The highest BCUT2D eigenvalue weighted by atomic mass is 14.2. The van der Waals surface area contributed by atoms with E-state index in [-0.39, 0.29) is 0 Å². The quantitative estimate of drug-likeness (QED) is 0.762. The van der Waals surface area contributed by atoms with Crippen molar-refractivity contribution in [2.45, 2.75) is 26.7 Å². The van der Waals surface area contributed by atoms with E-state index in [2.05, 4.69) is 44.2 Å². The molecule has 2 rings (SSSR count). The molecule has 19 heavy (non-hydrogen) atoms. The number of hydrogen-bond donors (Lipinski definition) is 0. The minimum absolute atomic E-state index is 0.706. The van der Waals surface area contributed by atoms with Crippen molar-refractivity contribution in [2.24, 2.45) is 5.92 Å². The lowest BCUT2D eigenvalue weighted by Crippen LogP contribution is -1.97. The molecule has 2 aromatic carbocycles. The van der Waals surface area contributed by atoms with E-state index < -0.39 is 0 Å². The second-order valence-electron chi connectivity index (χ2n) is 5.10. The molecule has 0 aliphatic rings. The highest BCUT2D eigenvalue weighted by molar-refractivity contribution is 5.64. The van der Waals surface area contributed by atoms with Crippen LogP contribution in [0.4, 0.5) is 0 Å². The number of nitriles is 1. The van der Waals surface area contributed by atoms with Gasteiger partial charge in [-0.15, -0.1) is 0 Å². The molecular formula is C18H19N. The van der Waals surface area contributed by atoms with E-state index in [1.807, 2.05) is 24.3 Å². The minimum atomic E-state index is 0.706. The van der Waals surface area contributed by atoms with E-state index in [1.54, 1.807) is 0 Å². The van der Waals surface area contributed by atoms with Gasteiger partial charge in [-0.05, 0) is 41.2 Å². The zero-order valence-corrected chi connectivity index (χ0v) is 11.6. The van der Waals surface area contributed by atoms with Gasteiger partial charge in [-0.1, -0.05) is 56.7 Å². The van der Waals surface area contributed by atoms with E-state index in [1.165, 1.54) is 17.5 Å². The first-order valence-electron chi connectivity index (χ1n) is 6.82. The van der Waals surface area contributed by atoms with Crippen molar-refractivity contribution in [2.75, 3.05) is 0 Å². The van der Waals surface area contributed by atoms with Gasteiger partial charge in [0.05, 0.1) is 11.6 Å². The Hall–Kier alpha value is -2.07. The van der Waals surface area contributed by atoms with Crippen molar-refractivity contribution in [1.29, 1.82) is 5.26 Å². The van der Waals surface area contributed by atoms with Crippen LogP contribution in [0.3, 0.4) is 0 Å². The molecule has 0 heterocycles. The molecule has 0 aliphatic carbocycles. The summed E-state index contributed by atoms with van der Waals surface area (Å²) in [5.41, 5.74) is 4.47. The van der Waals surface area contributed by atoms with Crippen molar-refractivity contribution in [3.63, 3.8) is 0 Å². The Bertz CT molecular complexity index is 558. The second-order valence-corrected chi connectivity index (χ2v) is 5.10. The van der Waals surface area contributed by atoms with Gasteiger partial charge >= 0.3 is 0 Å². The predicted octanol–water partition coefficient (Wildman–Crippen LogP) is 4.81. The zero-order chi connectivity index (χ0) is 13.7. The number of rotatable bonds is 4. The van der Waals surface area contributed by atoms with Crippen molar-refractivity contribution in [1.82, 2.24) is 0 Å². The summed E-state index contributed by atoms with van der Waals surface area (Å²) >= 11 is 0. The smallest absolute Gasteiger partial charge is 0.0991 e. The molecule has 0 radical (unpaired) electrons. The summed E-state index contributed by atoms with van der Waals surface area (Å²) in [6.07, 6.45) is 2.36. The van der Waals surface area contributed by atoms with Gasteiger partial charge in [-0.3, -0.25) is 0 Å². The van der Waals surface area contributed by atoms with Crippen LogP contribution in [0.1, 0.15) is 31.4 Å². The van der Waals surface area contributed by atoms with Gasteiger partial charge in [-0.2, -0.15) is 5.26 Å². The molecule has 0 unspecified atom stereocenters. The fraction of sp³-hybridized carbons (Fsp3) is 0.278. The SMILES string of the molecule is CC[C@H](C)Cc1ccc(-c2ccc(C#N)cc2)cc1. The third kappa shape index (κ3) is 3.45. The van der Waals surface area contributed by atoms with Crippen LogP contribution in [-0.4, -0.2) is 0 Å². The number of hydrogen-bond acceptors (Lipinski definition) is 1. The van der Waals surface area contributed by atoms with Gasteiger partial charge in [0.25, 0.3) is 0 Å². The number of nitrogens with zero attached hydrogens (tertiary/aromatic N) is 1. The Balaban J connectivity index is 2.15. The van der Waals surface area contributed by atoms with Crippen LogP contribution in [-0.2, 0) is 6.42 Å². The highest BCUT2D eigenvalue weighted by Crippen LogP contribution is 2.21. The van der Waals surface area contributed by atoms with Crippen molar-refractivity contribution >= 4 is 0 Å². The zero-order valence-electron chi connectivity index (χ0n) is 11.6. The largest absolute Gasteiger partial charge is 0.192 e. The third-order valence-electron chi connectivity index (χ3n) is 3.58. The molecule has 2 aromatic rings. The lowest BCUT2D eigenvalue weighted by atomic mass is 9.96. The predicted molar refractivity (Wildman–Crippen MR) is 79.8 cm³/mol. The van der Waals surface area contributed by atoms with E-state index >= 15 is 0 Å². The standard InChI is InChI=1S/C18H19N/c1-3-14(2)12-15-4-8-17(9-5-15)18-10-6-16(13-19)7-11-18/h4-11,14H,3,12H2,1-2H3/t14-/m0/s1. The molecule has 0 N–H and O–H groups in total. The molecule has 1 atom stereocenters. The summed E-state index contributed by atoms with van der Waals surface area (Å²) < 4.78 is 0. The summed E-state index contributed by atoms with van der Waals surface area (Å²) in [5.74, 6) is 0.737. The van der Waals surface area contributed by atoms with E-state index in [9.17, 15) is 0 Å². The Kier molecular flexibility index (Phi) is 4.36. The van der Waals surface area contributed by atoms with E-state index in [4.69, 9.17) is 5.26 Å². The van der Waals surface area contributed by atoms with Gasteiger partial charge in [0.15, 0.2) is 0 Å². The van der Waals surface area contributed by atoms with Crippen LogP contribution in [0.5, 0.6) is 0 Å². The Morgan fingerprint density at radius 3 is 1.95 bits per heavy atom. The van der Waals surface area contributed by atoms with Gasteiger partial charge in [0.2, 0.25) is 0 Å². The van der Waals surface area contributed by atoms with Gasteiger partial charge in [0.1, 0.15) is 0 Å². The van der Waals surface area contributed by atoms with Crippen LogP contribution in [0.25, 0.3) is 11.1 Å². The maximum atomic E-state index is 8.79. The van der Waals surface area contributed by atoms with Gasteiger partial charge < -0.3 is 0 Å². The summed E-state index contributed by atoms with van der Waals surface area (Å²) in [5, 5.41) is 8.79. The lowest BCUT2D eigenvalue weighted by Gasteiger charge is -2.09. The van der Waals surface area contributed by atoms with Crippen molar-refractivity contribution in [3.05, 3.63) is 59.7 Å². The van der Waals surface area contributed by atoms with Crippen LogP contribution < -0.4 is 0 Å². The molecule has 0 bridgehead atoms. The van der Waals surface area contributed by atoms with E-state index in [0.717, 1.165) is 17.9 Å². The van der Waals surface area contributed by atoms with E-state index in [0.29, 0.717) is 5.56 Å². The fourth-order valence-electron chi connectivity index (χ4n) is 2.12. The summed E-state index contributed by atoms with van der Waals surface area (Å²) in [6.45, 7) is 4.52. The summed E-state index contributed by atoms with van der Waals surface area (Å²) in [6, 6.07) is 18.6. The molecule has 0 saturated heterocycles. The topological polar surface area (TPSA) is 23.8 Å². The summed E-state index contributed by atoms with van der Waals surface area (Å²) in [7, 11) is 0. The molecule has 1 heteroatoms. The Morgan fingerprint density at radius 2 is 1.47 bits per heavy atom. The van der Waals surface area contributed by atoms with Crippen LogP contribution >= 0.6 is 0 Å². The molecule has 0 fully saturated rings. The fourth-order valence-corrected chi connectivity index (χ4v) is 2.12. The third-order valence-corrected chi connectivity index (χ3v) is 3.58. The maximum Gasteiger partial charge on any atom is 0.0991 e. The molecule has 0 aliphatic heterocycles. The maximum absolute atomic E-state index is 8.79. The molecular weight excluding hydrogens is 230 g/mol. The molecule has 0 saturated carbocycles. The second kappa shape index (κ2) is 6.20. The molecule has 96 valence electrons. The average Bonchev–Trinajstić information content (AvgIpc) is 2.48. The van der Waals surface area contributed by atoms with Gasteiger partial charge in [0, 0.05) is 0 Å². The van der Waals surface area contributed by atoms with Crippen LogP contribution in [0.2, 0.25) is 0 Å². The molecule has 0 amide bonds. The normalized spacial score (nSPS) is 11.8. The Labute approximate surface area is 115 Å². The number of benzene rings is 2. The monoisotopic (exact) mass is 249 g/mol. The highest BCUT2D eigenvalue weighted by Gasteiger charge is 2.02. The first kappa shape index (κ1) is 13.4. The summed E-state index contributed by atoms with van der Waals surface area (Å²) in [4.78, 5) is 0. The van der Waals surface area contributed by atoms with Crippen LogP contribution in [0, 0.1) is 17.2 Å². The van der Waals surface area contributed by atoms with Crippen molar-refractivity contribution in [3.8, 4) is 17.2 Å². The molecule has 0 aromatic heterocycles. The van der Waals surface area contributed by atoms with Crippen LogP contribution in [0.15, 0.2) is 48.5 Å². The van der Waals surface area contributed by atoms with Crippen molar-refractivity contribution < 1.29 is 0 Å². The lowest BCUT2D eigenvalue weighted by molar-refractivity contribution is 0.560. The average molecular weight is 249 g/mol. The van der Waals surface area contributed by atoms with Gasteiger partial charge in [-0.25, -0.2) is 0 Å². The minimum Gasteiger partial charge on any atom is -0.192 e. The Morgan fingerprint density at radius 1 is 0.947 bits per heavy atom. The first-order chi connectivity index (χ1) is 9.22.